The summed E-state index contributed by atoms with van der Waals surface area (Å²) in [5, 5.41) is 3.53. The molecule has 7 nitrogen and oxygen atoms in total. The second-order valence-electron chi connectivity index (χ2n) is 8.92. The number of amides is 2. The largest absolute Gasteiger partial charge is 0.352 e. The maximum atomic E-state index is 13.3. The van der Waals surface area contributed by atoms with Gasteiger partial charge >= 0.3 is 0 Å². The Balaban J connectivity index is 2.16. The lowest BCUT2D eigenvalue weighted by Crippen LogP contribution is -2.49. The van der Waals surface area contributed by atoms with Crippen LogP contribution in [0.2, 0.25) is 5.02 Å². The van der Waals surface area contributed by atoms with E-state index < -0.39 is 16.1 Å². The molecule has 1 N–H and O–H groups in total. The maximum Gasteiger partial charge on any atom is 0.242 e. The lowest BCUT2D eigenvalue weighted by molar-refractivity contribution is -0.140. The van der Waals surface area contributed by atoms with Gasteiger partial charge in [0.2, 0.25) is 21.8 Å². The van der Waals surface area contributed by atoms with Crippen molar-refractivity contribution in [2.45, 2.75) is 65.6 Å². The van der Waals surface area contributed by atoms with Crippen molar-refractivity contribution in [3.8, 4) is 0 Å². The number of sulfonamides is 1. The van der Waals surface area contributed by atoms with E-state index in [2.05, 4.69) is 5.32 Å². The third-order valence-electron chi connectivity index (χ3n) is 5.88. The van der Waals surface area contributed by atoms with Gasteiger partial charge in [-0.1, -0.05) is 42.8 Å². The van der Waals surface area contributed by atoms with Gasteiger partial charge in [-0.25, -0.2) is 8.42 Å². The van der Waals surface area contributed by atoms with Crippen molar-refractivity contribution in [3.63, 3.8) is 0 Å². The molecule has 0 aromatic heterocycles. The molecular weight excluding hydrogens is 486 g/mol. The molecule has 0 spiro atoms. The molecule has 0 bridgehead atoms. The van der Waals surface area contributed by atoms with E-state index in [1.165, 1.54) is 4.31 Å². The minimum absolute atomic E-state index is 0.00455. The van der Waals surface area contributed by atoms with Crippen molar-refractivity contribution in [2.75, 3.05) is 17.1 Å². The van der Waals surface area contributed by atoms with E-state index >= 15 is 0 Å². The zero-order valence-electron chi connectivity index (χ0n) is 21.1. The first-order valence-electron chi connectivity index (χ1n) is 11.8. The molecule has 0 aliphatic carbocycles. The molecule has 0 fully saturated rings. The summed E-state index contributed by atoms with van der Waals surface area (Å²) in [5.74, 6) is -0.441. The normalized spacial score (nSPS) is 13.1. The van der Waals surface area contributed by atoms with Crippen LogP contribution in [0.1, 0.15) is 51.2 Å². The molecule has 2 aromatic carbocycles. The van der Waals surface area contributed by atoms with E-state index in [1.807, 2.05) is 39.0 Å². The van der Waals surface area contributed by atoms with Gasteiger partial charge in [0.05, 0.1) is 11.9 Å². The summed E-state index contributed by atoms with van der Waals surface area (Å²) in [5.41, 5.74) is 2.37. The fourth-order valence-corrected chi connectivity index (χ4v) is 4.70. The van der Waals surface area contributed by atoms with Crippen LogP contribution in [0.5, 0.6) is 0 Å². The van der Waals surface area contributed by atoms with Crippen LogP contribution in [0.25, 0.3) is 0 Å². The average Bonchev–Trinajstić information content (AvgIpc) is 2.79. The highest BCUT2D eigenvalue weighted by Gasteiger charge is 2.27. The number of carbonyl (C=O) groups is 2. The molecule has 2 rings (SSSR count). The number of nitrogens with zero attached hydrogens (tertiary/aromatic N) is 2. The highest BCUT2D eigenvalue weighted by molar-refractivity contribution is 7.92. The van der Waals surface area contributed by atoms with E-state index in [4.69, 9.17) is 11.6 Å². The number of nitrogens with one attached hydrogen (secondary N) is 1. The number of rotatable bonds is 12. The van der Waals surface area contributed by atoms with E-state index in [0.29, 0.717) is 17.1 Å². The molecule has 35 heavy (non-hydrogen) atoms. The molecule has 2 amide bonds. The van der Waals surface area contributed by atoms with Crippen LogP contribution in [-0.2, 0) is 26.2 Å². The van der Waals surface area contributed by atoms with Gasteiger partial charge in [0.1, 0.15) is 6.04 Å². The maximum absolute atomic E-state index is 13.3. The van der Waals surface area contributed by atoms with E-state index in [1.54, 1.807) is 42.2 Å². The molecule has 0 saturated carbocycles. The van der Waals surface area contributed by atoms with Crippen LogP contribution in [0.15, 0.2) is 48.5 Å². The lowest BCUT2D eigenvalue weighted by Gasteiger charge is -2.30. The van der Waals surface area contributed by atoms with Gasteiger partial charge in [-0.15, -0.1) is 0 Å². The zero-order valence-corrected chi connectivity index (χ0v) is 22.7. The van der Waals surface area contributed by atoms with Crippen molar-refractivity contribution in [1.82, 2.24) is 10.2 Å². The van der Waals surface area contributed by atoms with Crippen LogP contribution < -0.4 is 9.62 Å². The molecule has 0 saturated heterocycles. The summed E-state index contributed by atoms with van der Waals surface area (Å²) in [6, 6.07) is 13.7. The molecular formula is C26H36ClN3O4S. The van der Waals surface area contributed by atoms with Crippen LogP contribution >= 0.6 is 11.6 Å². The number of carbonyl (C=O) groups excluding carboxylic acids is 2. The number of aryl methyl sites for hydroxylation is 1. The molecule has 0 aliphatic rings. The Morgan fingerprint density at radius 2 is 1.74 bits per heavy atom. The topological polar surface area (TPSA) is 86.8 Å². The van der Waals surface area contributed by atoms with E-state index in [0.717, 1.165) is 23.8 Å². The fourth-order valence-electron chi connectivity index (χ4n) is 3.62. The molecule has 2 atom stereocenters. The molecule has 2 unspecified atom stereocenters. The van der Waals surface area contributed by atoms with Crippen LogP contribution in [0.3, 0.4) is 0 Å². The number of halogens is 1. The van der Waals surface area contributed by atoms with Gasteiger partial charge in [-0.2, -0.15) is 0 Å². The van der Waals surface area contributed by atoms with Crippen molar-refractivity contribution in [3.05, 3.63) is 64.7 Å². The zero-order chi connectivity index (χ0) is 26.2. The van der Waals surface area contributed by atoms with Gasteiger partial charge in [-0.05, 0) is 69.0 Å². The Morgan fingerprint density at radius 1 is 1.09 bits per heavy atom. The number of hydrogen-bond donors (Lipinski definition) is 1. The number of benzene rings is 2. The van der Waals surface area contributed by atoms with Crippen molar-refractivity contribution in [1.29, 1.82) is 0 Å². The predicted molar refractivity (Wildman–Crippen MR) is 142 cm³/mol. The highest BCUT2D eigenvalue weighted by Crippen LogP contribution is 2.20. The predicted octanol–water partition coefficient (Wildman–Crippen LogP) is 4.53. The third kappa shape index (κ3) is 8.85. The van der Waals surface area contributed by atoms with E-state index in [9.17, 15) is 18.0 Å². The summed E-state index contributed by atoms with van der Waals surface area (Å²) in [7, 11) is -3.52. The van der Waals surface area contributed by atoms with Crippen molar-refractivity contribution in [2.24, 2.45) is 0 Å². The minimum Gasteiger partial charge on any atom is -0.352 e. The molecule has 0 radical (unpaired) electrons. The first-order valence-corrected chi connectivity index (χ1v) is 14.0. The Hall–Kier alpha value is -2.58. The van der Waals surface area contributed by atoms with Crippen LogP contribution in [0, 0.1) is 6.92 Å². The quantitative estimate of drug-likeness (QED) is 0.444. The van der Waals surface area contributed by atoms with Gasteiger partial charge in [0.15, 0.2) is 0 Å². The Kier molecular flexibility index (Phi) is 10.6. The van der Waals surface area contributed by atoms with E-state index in [-0.39, 0.29) is 37.4 Å². The highest BCUT2D eigenvalue weighted by atomic mass is 35.5. The van der Waals surface area contributed by atoms with Gasteiger partial charge in [-0.3, -0.25) is 13.9 Å². The van der Waals surface area contributed by atoms with Crippen LogP contribution in [0.4, 0.5) is 5.69 Å². The Labute approximate surface area is 214 Å². The first kappa shape index (κ1) is 28.7. The van der Waals surface area contributed by atoms with Gasteiger partial charge in [0.25, 0.3) is 0 Å². The summed E-state index contributed by atoms with van der Waals surface area (Å²) < 4.78 is 26.1. The second-order valence-corrected chi connectivity index (χ2v) is 11.3. The Morgan fingerprint density at radius 3 is 2.31 bits per heavy atom. The second kappa shape index (κ2) is 12.9. The number of anilines is 1. The monoisotopic (exact) mass is 521 g/mol. The molecule has 192 valence electrons. The SMILES string of the molecule is CCC(C)NC(=O)C(C)N(Cc1ccc(Cl)cc1)C(=O)CCCN(c1cccc(C)c1)S(C)(=O)=O. The summed E-state index contributed by atoms with van der Waals surface area (Å²) >= 11 is 5.99. The average molecular weight is 522 g/mol. The Bertz CT molecular complexity index is 1110. The standard InChI is InChI=1S/C26H36ClN3O4S/c1-6-20(3)28-26(32)21(4)29(18-22-12-14-23(27)15-13-22)25(31)11-8-16-30(35(5,33)34)24-10-7-9-19(2)17-24/h7,9-10,12-15,17,20-21H,6,8,11,16,18H2,1-5H3,(H,28,32). The van der Waals surface area contributed by atoms with Gasteiger partial charge in [0, 0.05) is 30.6 Å². The smallest absolute Gasteiger partial charge is 0.242 e. The summed E-state index contributed by atoms with van der Waals surface area (Å²) in [6.45, 7) is 7.92. The van der Waals surface area contributed by atoms with Crippen LogP contribution in [-0.4, -0.2) is 50.0 Å². The molecule has 0 heterocycles. The fraction of sp³-hybridized carbons (Fsp3) is 0.462. The molecule has 0 aliphatic heterocycles. The molecule has 2 aromatic rings. The van der Waals surface area contributed by atoms with Gasteiger partial charge < -0.3 is 10.2 Å². The molecule has 9 heteroatoms. The lowest BCUT2D eigenvalue weighted by atomic mass is 10.1. The van der Waals surface area contributed by atoms with Crippen molar-refractivity contribution >= 4 is 39.1 Å². The third-order valence-corrected chi connectivity index (χ3v) is 7.32. The number of hydrogen-bond acceptors (Lipinski definition) is 4. The first-order chi connectivity index (χ1) is 16.4. The minimum atomic E-state index is -3.52. The summed E-state index contributed by atoms with van der Waals surface area (Å²) in [4.78, 5) is 27.6. The van der Waals surface area contributed by atoms with Crippen molar-refractivity contribution < 1.29 is 18.0 Å². The summed E-state index contributed by atoms with van der Waals surface area (Å²) in [6.07, 6.45) is 2.36.